The highest BCUT2D eigenvalue weighted by Gasteiger charge is 2.04. The van der Waals surface area contributed by atoms with E-state index in [9.17, 15) is 9.59 Å². The van der Waals surface area contributed by atoms with E-state index >= 15 is 0 Å². The monoisotopic (exact) mass is 114 g/mol. The van der Waals surface area contributed by atoms with Crippen molar-refractivity contribution in [3.63, 3.8) is 0 Å². The summed E-state index contributed by atoms with van der Waals surface area (Å²) in [6.07, 6.45) is 0. The molecule has 0 rings (SSSR count). The summed E-state index contributed by atoms with van der Waals surface area (Å²) in [5.41, 5.74) is 6.18. The Morgan fingerprint density at radius 1 is 1.62 bits per heavy atom. The van der Waals surface area contributed by atoms with Crippen LogP contribution in [0, 0.1) is 5.53 Å². The van der Waals surface area contributed by atoms with Crippen LogP contribution in [0.4, 0.5) is 0 Å². The van der Waals surface area contributed by atoms with Gasteiger partial charge in [-0.2, -0.15) is 5.11 Å². The third kappa shape index (κ3) is 2.17. The van der Waals surface area contributed by atoms with Gasteiger partial charge in [0.25, 0.3) is 0 Å². The van der Waals surface area contributed by atoms with Gasteiger partial charge in [-0.15, -0.1) is 0 Å². The molecular weight excluding hydrogens is 108 g/mol. The molecule has 0 fully saturated rings. The maximum Gasteiger partial charge on any atom is 0.221 e. The van der Waals surface area contributed by atoms with Gasteiger partial charge in [0.15, 0.2) is 5.78 Å². The van der Waals surface area contributed by atoms with E-state index in [1.165, 1.54) is 0 Å². The third-order valence-corrected chi connectivity index (χ3v) is 0.615. The number of Topliss-reactive ketones (excluding diaryl/α,β-unsaturated/α-hetero) is 2. The van der Waals surface area contributed by atoms with E-state index in [1.54, 1.807) is 0 Å². The first kappa shape index (κ1) is 6.94. The largest absolute Gasteiger partial charge is 0.291 e. The van der Waals surface area contributed by atoms with Crippen LogP contribution in [0.3, 0.4) is 0 Å². The fourth-order valence-electron chi connectivity index (χ4n) is 0.183. The summed E-state index contributed by atoms with van der Waals surface area (Å²) in [7, 11) is 0. The zero-order chi connectivity index (χ0) is 6.57. The van der Waals surface area contributed by atoms with Gasteiger partial charge in [0.2, 0.25) is 5.78 Å². The molecule has 0 heterocycles. The Balaban J connectivity index is 3.65. The molecule has 0 amide bonds. The lowest BCUT2D eigenvalue weighted by molar-refractivity contribution is -0.134. The molecular formula is C4H6N2O2. The fraction of sp³-hybridized carbons (Fsp3) is 0.500. The highest BCUT2D eigenvalue weighted by atomic mass is 16.2. The predicted octanol–water partition coefficient (Wildman–Crippen LogP) is 0.175. The van der Waals surface area contributed by atoms with Crippen molar-refractivity contribution in [3.8, 4) is 0 Å². The van der Waals surface area contributed by atoms with Crippen molar-refractivity contribution < 1.29 is 9.59 Å². The molecule has 0 spiro atoms. The van der Waals surface area contributed by atoms with E-state index in [1.807, 2.05) is 0 Å². The second-order valence-corrected chi connectivity index (χ2v) is 1.30. The average Bonchev–Trinajstić information content (AvgIpc) is 1.67. The summed E-state index contributed by atoms with van der Waals surface area (Å²) in [4.78, 5) is 20.2. The maximum absolute atomic E-state index is 10.2. The van der Waals surface area contributed by atoms with Gasteiger partial charge in [-0.05, 0) is 0 Å². The van der Waals surface area contributed by atoms with E-state index in [4.69, 9.17) is 5.53 Å². The smallest absolute Gasteiger partial charge is 0.221 e. The van der Waals surface area contributed by atoms with Gasteiger partial charge in [-0.25, -0.2) is 5.53 Å². The first-order valence-electron chi connectivity index (χ1n) is 2.05. The van der Waals surface area contributed by atoms with Crippen molar-refractivity contribution >= 4 is 11.6 Å². The molecule has 1 N–H and O–H groups in total. The molecule has 0 unspecified atom stereocenters. The van der Waals surface area contributed by atoms with Crippen molar-refractivity contribution in [1.82, 2.24) is 0 Å². The lowest BCUT2D eigenvalue weighted by atomic mass is 10.3. The van der Waals surface area contributed by atoms with Crippen LogP contribution in [0.25, 0.3) is 0 Å². The molecule has 0 aromatic carbocycles. The normalized spacial score (nSPS) is 8.12. The molecule has 44 valence electrons. The van der Waals surface area contributed by atoms with Gasteiger partial charge in [-0.3, -0.25) is 9.59 Å². The van der Waals surface area contributed by atoms with Gasteiger partial charge in [0.1, 0.15) is 6.54 Å². The van der Waals surface area contributed by atoms with Crippen LogP contribution >= 0.6 is 0 Å². The molecule has 0 aliphatic heterocycles. The maximum atomic E-state index is 10.2. The minimum absolute atomic E-state index is 0.310. The van der Waals surface area contributed by atoms with Gasteiger partial charge in [0.05, 0.1) is 0 Å². The Labute approximate surface area is 46.4 Å². The Hall–Kier alpha value is -1.06. The number of carbonyl (C=O) groups excluding carboxylic acids is 2. The van der Waals surface area contributed by atoms with E-state index in [0.717, 1.165) is 6.92 Å². The Bertz CT molecular complexity index is 130. The molecule has 0 atom stereocenters. The molecule has 0 aromatic rings. The molecule has 8 heavy (non-hydrogen) atoms. The first-order valence-corrected chi connectivity index (χ1v) is 2.05. The predicted molar refractivity (Wildman–Crippen MR) is 25.7 cm³/mol. The number of ketones is 2. The SMILES string of the molecule is CC(=O)C(=O)CN=N. The summed E-state index contributed by atoms with van der Waals surface area (Å²) in [6, 6.07) is 0. The van der Waals surface area contributed by atoms with Crippen molar-refractivity contribution in [2.45, 2.75) is 6.92 Å². The third-order valence-electron chi connectivity index (χ3n) is 0.615. The van der Waals surface area contributed by atoms with Crippen molar-refractivity contribution in [2.75, 3.05) is 6.54 Å². The lowest BCUT2D eigenvalue weighted by Crippen LogP contribution is -2.11. The van der Waals surface area contributed by atoms with E-state index in [0.29, 0.717) is 0 Å². The molecule has 0 aromatic heterocycles. The van der Waals surface area contributed by atoms with Crippen LogP contribution in [-0.4, -0.2) is 18.1 Å². The van der Waals surface area contributed by atoms with Crippen molar-refractivity contribution in [2.24, 2.45) is 5.11 Å². The van der Waals surface area contributed by atoms with Crippen LogP contribution in [-0.2, 0) is 9.59 Å². The van der Waals surface area contributed by atoms with E-state index in [2.05, 4.69) is 5.11 Å². The topological polar surface area (TPSA) is 70.3 Å². The van der Waals surface area contributed by atoms with E-state index in [-0.39, 0.29) is 6.54 Å². The number of hydrogen-bond donors (Lipinski definition) is 1. The summed E-state index contributed by atoms with van der Waals surface area (Å²) in [6.45, 7) is 0.850. The molecule has 0 saturated carbocycles. The van der Waals surface area contributed by atoms with Crippen LogP contribution < -0.4 is 0 Å². The zero-order valence-electron chi connectivity index (χ0n) is 4.47. The Morgan fingerprint density at radius 3 is 2.25 bits per heavy atom. The van der Waals surface area contributed by atoms with Gasteiger partial charge in [0, 0.05) is 6.92 Å². The van der Waals surface area contributed by atoms with Crippen LogP contribution in [0.15, 0.2) is 5.11 Å². The zero-order valence-corrected chi connectivity index (χ0v) is 4.47. The number of carbonyl (C=O) groups is 2. The number of nitrogens with one attached hydrogen (secondary N) is 1. The average molecular weight is 114 g/mol. The summed E-state index contributed by atoms with van der Waals surface area (Å²) in [5, 5.41) is 2.74. The Kier molecular flexibility index (Phi) is 2.61. The second-order valence-electron chi connectivity index (χ2n) is 1.30. The molecule has 0 radical (unpaired) electrons. The standard InChI is InChI=1S/C4H6N2O2/c1-3(7)4(8)2-6-5/h5H,2H2,1H3. The quantitative estimate of drug-likeness (QED) is 0.419. The lowest BCUT2D eigenvalue weighted by Gasteiger charge is -1.82. The number of rotatable bonds is 3. The molecule has 4 heteroatoms. The number of nitrogens with zero attached hydrogens (tertiary/aromatic N) is 1. The molecule has 0 aliphatic rings. The minimum atomic E-state index is -0.611. The molecule has 0 bridgehead atoms. The van der Waals surface area contributed by atoms with Crippen LogP contribution in [0.5, 0.6) is 0 Å². The molecule has 4 nitrogen and oxygen atoms in total. The minimum Gasteiger partial charge on any atom is -0.291 e. The second kappa shape index (κ2) is 3.01. The number of hydrogen-bond acceptors (Lipinski definition) is 4. The highest BCUT2D eigenvalue weighted by molar-refractivity contribution is 6.37. The summed E-state index contributed by atoms with van der Waals surface area (Å²) < 4.78 is 0. The summed E-state index contributed by atoms with van der Waals surface area (Å²) >= 11 is 0. The van der Waals surface area contributed by atoms with Gasteiger partial charge in [-0.1, -0.05) is 0 Å². The highest BCUT2D eigenvalue weighted by Crippen LogP contribution is 1.75. The summed E-state index contributed by atoms with van der Waals surface area (Å²) in [5.74, 6) is -1.15. The fourth-order valence-corrected chi connectivity index (χ4v) is 0.183. The van der Waals surface area contributed by atoms with E-state index < -0.39 is 11.6 Å². The van der Waals surface area contributed by atoms with Crippen LogP contribution in [0.2, 0.25) is 0 Å². The Morgan fingerprint density at radius 2 is 2.12 bits per heavy atom. The van der Waals surface area contributed by atoms with Gasteiger partial charge < -0.3 is 0 Å². The van der Waals surface area contributed by atoms with Gasteiger partial charge >= 0.3 is 0 Å². The van der Waals surface area contributed by atoms with Crippen molar-refractivity contribution in [1.29, 1.82) is 5.53 Å². The van der Waals surface area contributed by atoms with Crippen LogP contribution in [0.1, 0.15) is 6.92 Å². The molecule has 0 saturated heterocycles. The first-order chi connectivity index (χ1) is 3.68. The molecule has 0 aliphatic carbocycles. The van der Waals surface area contributed by atoms with Crippen molar-refractivity contribution in [3.05, 3.63) is 0 Å².